The fourth-order valence-electron chi connectivity index (χ4n) is 2.54. The fourth-order valence-corrected chi connectivity index (χ4v) is 2.54. The molecule has 2 N–H and O–H groups in total. The van der Waals surface area contributed by atoms with Gasteiger partial charge in [0.1, 0.15) is 11.9 Å². The summed E-state index contributed by atoms with van der Waals surface area (Å²) in [7, 11) is 0. The molecule has 2 aromatic carbocycles. The topological polar surface area (TPSA) is 44.5 Å². The number of ether oxygens (including phenoxy) is 2. The standard InChI is InChI=1S/C18H21NO2/c1-13-2-4-14(5-3-13)15-6-7-17(19)18(12-15)21-16-8-10-20-11-9-16/h2-7,12,16H,8-11,19H2,1H3. The van der Waals surface area contributed by atoms with Gasteiger partial charge in [-0.1, -0.05) is 35.9 Å². The second-order valence-corrected chi connectivity index (χ2v) is 5.55. The summed E-state index contributed by atoms with van der Waals surface area (Å²) in [5.74, 6) is 0.778. The number of nitrogen functional groups attached to an aromatic ring is 1. The van der Waals surface area contributed by atoms with E-state index in [4.69, 9.17) is 15.2 Å². The highest BCUT2D eigenvalue weighted by Crippen LogP contribution is 2.31. The molecule has 1 aliphatic heterocycles. The van der Waals surface area contributed by atoms with E-state index in [1.165, 1.54) is 11.1 Å². The van der Waals surface area contributed by atoms with E-state index in [2.05, 4.69) is 31.2 Å². The first-order valence-electron chi connectivity index (χ1n) is 7.43. The molecule has 1 fully saturated rings. The molecule has 0 bridgehead atoms. The van der Waals surface area contributed by atoms with E-state index in [1.54, 1.807) is 0 Å². The fraction of sp³-hybridized carbons (Fsp3) is 0.333. The van der Waals surface area contributed by atoms with E-state index in [0.717, 1.165) is 37.4 Å². The van der Waals surface area contributed by atoms with Crippen molar-refractivity contribution >= 4 is 5.69 Å². The number of aryl methyl sites for hydroxylation is 1. The lowest BCUT2D eigenvalue weighted by molar-refractivity contribution is 0.0259. The number of benzene rings is 2. The maximum atomic E-state index is 6.07. The molecule has 1 saturated heterocycles. The van der Waals surface area contributed by atoms with E-state index >= 15 is 0 Å². The second kappa shape index (κ2) is 6.19. The zero-order valence-electron chi connectivity index (χ0n) is 12.3. The monoisotopic (exact) mass is 283 g/mol. The Morgan fingerprint density at radius 3 is 2.38 bits per heavy atom. The van der Waals surface area contributed by atoms with Crippen molar-refractivity contribution in [2.45, 2.75) is 25.9 Å². The largest absolute Gasteiger partial charge is 0.488 e. The second-order valence-electron chi connectivity index (χ2n) is 5.55. The summed E-state index contributed by atoms with van der Waals surface area (Å²) in [6.07, 6.45) is 2.05. The van der Waals surface area contributed by atoms with Gasteiger partial charge in [-0.25, -0.2) is 0 Å². The molecule has 0 radical (unpaired) electrons. The summed E-state index contributed by atoms with van der Waals surface area (Å²) < 4.78 is 11.4. The molecule has 0 aliphatic carbocycles. The van der Waals surface area contributed by atoms with E-state index < -0.39 is 0 Å². The molecule has 3 nitrogen and oxygen atoms in total. The van der Waals surface area contributed by atoms with Gasteiger partial charge in [-0.05, 0) is 30.2 Å². The summed E-state index contributed by atoms with van der Waals surface area (Å²) in [6.45, 7) is 3.62. The van der Waals surface area contributed by atoms with Crippen LogP contribution >= 0.6 is 0 Å². The van der Waals surface area contributed by atoms with Crippen molar-refractivity contribution < 1.29 is 9.47 Å². The number of anilines is 1. The first kappa shape index (κ1) is 14.0. The first-order valence-corrected chi connectivity index (χ1v) is 7.43. The lowest BCUT2D eigenvalue weighted by atomic mass is 10.0. The maximum absolute atomic E-state index is 6.07. The summed E-state index contributed by atoms with van der Waals surface area (Å²) in [5.41, 5.74) is 10.3. The van der Waals surface area contributed by atoms with Crippen LogP contribution in [0.5, 0.6) is 5.75 Å². The molecule has 1 aliphatic rings. The van der Waals surface area contributed by atoms with Gasteiger partial charge in [-0.15, -0.1) is 0 Å². The van der Waals surface area contributed by atoms with Crippen molar-refractivity contribution in [2.75, 3.05) is 18.9 Å². The third-order valence-electron chi connectivity index (χ3n) is 3.86. The number of hydrogen-bond acceptors (Lipinski definition) is 3. The van der Waals surface area contributed by atoms with Crippen molar-refractivity contribution in [1.29, 1.82) is 0 Å². The van der Waals surface area contributed by atoms with Gasteiger partial charge in [0, 0.05) is 12.8 Å². The van der Waals surface area contributed by atoms with Crippen LogP contribution in [-0.4, -0.2) is 19.3 Å². The van der Waals surface area contributed by atoms with Gasteiger partial charge < -0.3 is 15.2 Å². The Bertz CT molecular complexity index is 601. The molecule has 3 rings (SSSR count). The Morgan fingerprint density at radius 1 is 1.00 bits per heavy atom. The maximum Gasteiger partial charge on any atom is 0.143 e. The molecular weight excluding hydrogens is 262 g/mol. The van der Waals surface area contributed by atoms with Crippen molar-refractivity contribution in [1.82, 2.24) is 0 Å². The van der Waals surface area contributed by atoms with E-state index in [-0.39, 0.29) is 6.10 Å². The summed E-state index contributed by atoms with van der Waals surface area (Å²) in [4.78, 5) is 0. The molecule has 0 atom stereocenters. The van der Waals surface area contributed by atoms with Crippen molar-refractivity contribution in [3.8, 4) is 16.9 Å². The lowest BCUT2D eigenvalue weighted by Crippen LogP contribution is -2.26. The summed E-state index contributed by atoms with van der Waals surface area (Å²) >= 11 is 0. The molecule has 0 aromatic heterocycles. The lowest BCUT2D eigenvalue weighted by Gasteiger charge is -2.24. The Labute approximate surface area is 125 Å². The normalized spacial score (nSPS) is 15.9. The predicted octanol–water partition coefficient (Wildman–Crippen LogP) is 3.80. The highest BCUT2D eigenvalue weighted by molar-refractivity contribution is 5.70. The van der Waals surface area contributed by atoms with Crippen molar-refractivity contribution in [3.63, 3.8) is 0 Å². The van der Waals surface area contributed by atoms with Crippen molar-refractivity contribution in [2.24, 2.45) is 0 Å². The van der Waals surface area contributed by atoms with Gasteiger partial charge >= 0.3 is 0 Å². The number of hydrogen-bond donors (Lipinski definition) is 1. The zero-order chi connectivity index (χ0) is 14.7. The van der Waals surface area contributed by atoms with Crippen LogP contribution in [0.15, 0.2) is 42.5 Å². The van der Waals surface area contributed by atoms with Gasteiger partial charge in [0.05, 0.1) is 18.9 Å². The van der Waals surface area contributed by atoms with Gasteiger partial charge in [0.15, 0.2) is 0 Å². The molecule has 0 amide bonds. The molecular formula is C18H21NO2. The Morgan fingerprint density at radius 2 is 1.67 bits per heavy atom. The quantitative estimate of drug-likeness (QED) is 0.871. The third-order valence-corrected chi connectivity index (χ3v) is 3.86. The SMILES string of the molecule is Cc1ccc(-c2ccc(N)c(OC3CCOCC3)c2)cc1. The minimum Gasteiger partial charge on any atom is -0.488 e. The van der Waals surface area contributed by atoms with Gasteiger partial charge in [-0.2, -0.15) is 0 Å². The highest BCUT2D eigenvalue weighted by Gasteiger charge is 2.16. The van der Waals surface area contributed by atoms with Crippen LogP contribution in [0.3, 0.4) is 0 Å². The molecule has 110 valence electrons. The third kappa shape index (κ3) is 3.37. The molecule has 0 spiro atoms. The van der Waals surface area contributed by atoms with Crippen LogP contribution in [-0.2, 0) is 4.74 Å². The molecule has 21 heavy (non-hydrogen) atoms. The predicted molar refractivity (Wildman–Crippen MR) is 85.5 cm³/mol. The Hall–Kier alpha value is -2.00. The zero-order valence-corrected chi connectivity index (χ0v) is 12.3. The summed E-state index contributed by atoms with van der Waals surface area (Å²) in [5, 5.41) is 0. The highest BCUT2D eigenvalue weighted by atomic mass is 16.5. The molecule has 0 saturated carbocycles. The van der Waals surface area contributed by atoms with Crippen LogP contribution < -0.4 is 10.5 Å². The number of rotatable bonds is 3. The van der Waals surface area contributed by atoms with E-state index in [0.29, 0.717) is 5.69 Å². The first-order chi connectivity index (χ1) is 10.2. The Balaban J connectivity index is 1.83. The van der Waals surface area contributed by atoms with Crippen LogP contribution in [0, 0.1) is 6.92 Å². The van der Waals surface area contributed by atoms with Gasteiger partial charge in [0.2, 0.25) is 0 Å². The molecule has 1 heterocycles. The Kier molecular flexibility index (Phi) is 4.11. The number of nitrogens with two attached hydrogens (primary N) is 1. The molecule has 3 heteroatoms. The summed E-state index contributed by atoms with van der Waals surface area (Å²) in [6, 6.07) is 14.5. The average Bonchev–Trinajstić information content (AvgIpc) is 2.51. The van der Waals surface area contributed by atoms with E-state index in [9.17, 15) is 0 Å². The van der Waals surface area contributed by atoms with Crippen LogP contribution in [0.1, 0.15) is 18.4 Å². The van der Waals surface area contributed by atoms with Crippen LogP contribution in [0.25, 0.3) is 11.1 Å². The average molecular weight is 283 g/mol. The van der Waals surface area contributed by atoms with Gasteiger partial charge in [0.25, 0.3) is 0 Å². The molecule has 0 unspecified atom stereocenters. The smallest absolute Gasteiger partial charge is 0.143 e. The van der Waals surface area contributed by atoms with Gasteiger partial charge in [-0.3, -0.25) is 0 Å². The minimum absolute atomic E-state index is 0.203. The van der Waals surface area contributed by atoms with E-state index in [1.807, 2.05) is 18.2 Å². The minimum atomic E-state index is 0.203. The molecule has 2 aromatic rings. The van der Waals surface area contributed by atoms with Crippen molar-refractivity contribution in [3.05, 3.63) is 48.0 Å². The van der Waals surface area contributed by atoms with Crippen LogP contribution in [0.4, 0.5) is 5.69 Å². The van der Waals surface area contributed by atoms with Crippen LogP contribution in [0.2, 0.25) is 0 Å².